The zero-order valence-corrected chi connectivity index (χ0v) is 11.0. The van der Waals surface area contributed by atoms with Gasteiger partial charge < -0.3 is 15.2 Å². The van der Waals surface area contributed by atoms with Gasteiger partial charge in [0.05, 0.1) is 6.54 Å². The quantitative estimate of drug-likeness (QED) is 0.791. The zero-order chi connectivity index (χ0) is 14.2. The summed E-state index contributed by atoms with van der Waals surface area (Å²) in [4.78, 5) is 11.6. The van der Waals surface area contributed by atoms with Gasteiger partial charge in [-0.3, -0.25) is 0 Å². The first-order valence-electron chi connectivity index (χ1n) is 6.43. The number of hydrogen-bond donors (Lipinski definition) is 2. The Morgan fingerprint density at radius 3 is 2.30 bits per heavy atom. The van der Waals surface area contributed by atoms with Crippen LogP contribution >= 0.6 is 0 Å². The number of para-hydroxylation sites is 1. The van der Waals surface area contributed by atoms with Gasteiger partial charge >= 0.3 is 5.97 Å². The van der Waals surface area contributed by atoms with Crippen LogP contribution in [0.5, 0.6) is 0 Å². The molecular weight excluding hydrogens is 254 g/mol. The van der Waals surface area contributed by atoms with E-state index < -0.39 is 12.1 Å². The second-order valence-corrected chi connectivity index (χ2v) is 4.36. The van der Waals surface area contributed by atoms with Gasteiger partial charge in [-0.25, -0.2) is 4.79 Å². The third-order valence-electron chi connectivity index (χ3n) is 2.77. The van der Waals surface area contributed by atoms with Crippen molar-refractivity contribution in [2.75, 3.05) is 11.9 Å². The van der Waals surface area contributed by atoms with Crippen molar-refractivity contribution >= 4 is 11.7 Å². The first-order valence-corrected chi connectivity index (χ1v) is 6.43. The molecule has 0 saturated carbocycles. The van der Waals surface area contributed by atoms with Crippen LogP contribution < -0.4 is 5.32 Å². The van der Waals surface area contributed by atoms with E-state index >= 15 is 0 Å². The van der Waals surface area contributed by atoms with Gasteiger partial charge in [0, 0.05) is 5.69 Å². The van der Waals surface area contributed by atoms with Crippen LogP contribution in [-0.2, 0) is 16.1 Å². The monoisotopic (exact) mass is 271 g/mol. The number of aliphatic hydroxyl groups excluding tert-OH is 1. The Bertz CT molecular complexity index is 528. The molecule has 4 heteroatoms. The Balaban J connectivity index is 1.75. The molecule has 0 aliphatic heterocycles. The first-order chi connectivity index (χ1) is 9.75. The van der Waals surface area contributed by atoms with Crippen LogP contribution in [0.1, 0.15) is 5.56 Å². The van der Waals surface area contributed by atoms with Gasteiger partial charge in [-0.15, -0.1) is 0 Å². The van der Waals surface area contributed by atoms with E-state index in [9.17, 15) is 9.90 Å². The van der Waals surface area contributed by atoms with Crippen LogP contribution in [-0.4, -0.2) is 23.7 Å². The molecule has 0 spiro atoms. The highest BCUT2D eigenvalue weighted by atomic mass is 16.5. The number of benzene rings is 2. The van der Waals surface area contributed by atoms with Crippen molar-refractivity contribution < 1.29 is 14.6 Å². The van der Waals surface area contributed by atoms with Crippen LogP contribution in [0.4, 0.5) is 5.69 Å². The Morgan fingerprint density at radius 1 is 1.05 bits per heavy atom. The summed E-state index contributed by atoms with van der Waals surface area (Å²) in [5.74, 6) is -0.628. The molecule has 0 radical (unpaired) electrons. The van der Waals surface area contributed by atoms with Crippen LogP contribution in [0.2, 0.25) is 0 Å². The molecule has 2 rings (SSSR count). The normalized spacial score (nSPS) is 11.7. The fourth-order valence-corrected chi connectivity index (χ4v) is 1.68. The Hall–Kier alpha value is -2.33. The molecule has 0 bridgehead atoms. The summed E-state index contributed by atoms with van der Waals surface area (Å²) in [6.07, 6.45) is -1.18. The maximum atomic E-state index is 11.6. The molecule has 0 amide bonds. The zero-order valence-electron chi connectivity index (χ0n) is 11.0. The van der Waals surface area contributed by atoms with Crippen LogP contribution in [0.15, 0.2) is 60.7 Å². The molecule has 0 saturated heterocycles. The fraction of sp³-hybridized carbons (Fsp3) is 0.188. The smallest absolute Gasteiger partial charge is 0.337 e. The third kappa shape index (κ3) is 4.40. The standard InChI is InChI=1S/C16H17NO3/c18-15(11-17-14-9-5-2-6-10-14)16(19)20-12-13-7-3-1-4-8-13/h1-10,15,17-18H,11-12H2. The van der Waals surface area contributed by atoms with E-state index in [1.807, 2.05) is 60.7 Å². The summed E-state index contributed by atoms with van der Waals surface area (Å²) >= 11 is 0. The molecule has 2 aromatic carbocycles. The lowest BCUT2D eigenvalue weighted by Crippen LogP contribution is -2.30. The van der Waals surface area contributed by atoms with Crippen molar-refractivity contribution in [3.63, 3.8) is 0 Å². The van der Waals surface area contributed by atoms with E-state index in [2.05, 4.69) is 5.32 Å². The SMILES string of the molecule is O=C(OCc1ccccc1)C(O)CNc1ccccc1. The lowest BCUT2D eigenvalue weighted by molar-refractivity contribution is -0.154. The van der Waals surface area contributed by atoms with Crippen LogP contribution in [0, 0.1) is 0 Å². The maximum Gasteiger partial charge on any atom is 0.337 e. The average molecular weight is 271 g/mol. The van der Waals surface area contributed by atoms with E-state index in [1.54, 1.807) is 0 Å². The second-order valence-electron chi connectivity index (χ2n) is 4.36. The van der Waals surface area contributed by atoms with Crippen molar-refractivity contribution in [3.8, 4) is 0 Å². The number of aliphatic hydroxyl groups is 1. The first kappa shape index (κ1) is 14.1. The summed E-state index contributed by atoms with van der Waals surface area (Å²) in [5, 5.41) is 12.7. The highest BCUT2D eigenvalue weighted by molar-refractivity contribution is 5.75. The van der Waals surface area contributed by atoms with Crippen molar-refractivity contribution in [2.45, 2.75) is 12.7 Å². The Kier molecular flexibility index (Phi) is 5.15. The molecular formula is C16H17NO3. The van der Waals surface area contributed by atoms with E-state index in [1.165, 1.54) is 0 Å². The van der Waals surface area contributed by atoms with Crippen molar-refractivity contribution in [3.05, 3.63) is 66.2 Å². The molecule has 1 unspecified atom stereocenters. The van der Waals surface area contributed by atoms with Gasteiger partial charge in [0.25, 0.3) is 0 Å². The van der Waals surface area contributed by atoms with Gasteiger partial charge in [0.1, 0.15) is 6.61 Å². The number of carbonyl (C=O) groups excluding carboxylic acids is 1. The maximum absolute atomic E-state index is 11.6. The number of rotatable bonds is 6. The highest BCUT2D eigenvalue weighted by Crippen LogP contribution is 2.06. The predicted molar refractivity (Wildman–Crippen MR) is 77.2 cm³/mol. The summed E-state index contributed by atoms with van der Waals surface area (Å²) in [5.41, 5.74) is 1.74. The van der Waals surface area contributed by atoms with Crippen molar-refractivity contribution in [2.24, 2.45) is 0 Å². The molecule has 2 aromatic rings. The summed E-state index contributed by atoms with van der Waals surface area (Å²) in [6, 6.07) is 18.7. The fourth-order valence-electron chi connectivity index (χ4n) is 1.68. The lowest BCUT2D eigenvalue weighted by Gasteiger charge is -2.12. The van der Waals surface area contributed by atoms with E-state index in [0.29, 0.717) is 0 Å². The molecule has 20 heavy (non-hydrogen) atoms. The number of ether oxygens (including phenoxy) is 1. The van der Waals surface area contributed by atoms with Crippen molar-refractivity contribution in [1.29, 1.82) is 0 Å². The van der Waals surface area contributed by atoms with Crippen LogP contribution in [0.25, 0.3) is 0 Å². The van der Waals surface area contributed by atoms with E-state index in [0.717, 1.165) is 11.3 Å². The van der Waals surface area contributed by atoms with Gasteiger partial charge in [-0.05, 0) is 17.7 Å². The predicted octanol–water partition coefficient (Wildman–Crippen LogP) is 2.20. The van der Waals surface area contributed by atoms with Crippen molar-refractivity contribution in [1.82, 2.24) is 0 Å². The van der Waals surface area contributed by atoms with E-state index in [4.69, 9.17) is 4.74 Å². The summed E-state index contributed by atoms with van der Waals surface area (Å²) in [6.45, 7) is 0.291. The summed E-state index contributed by atoms with van der Waals surface area (Å²) in [7, 11) is 0. The minimum atomic E-state index is -1.18. The Labute approximate surface area is 118 Å². The third-order valence-corrected chi connectivity index (χ3v) is 2.77. The lowest BCUT2D eigenvalue weighted by atomic mass is 10.2. The van der Waals surface area contributed by atoms with Gasteiger partial charge in [0.15, 0.2) is 6.10 Å². The highest BCUT2D eigenvalue weighted by Gasteiger charge is 2.16. The van der Waals surface area contributed by atoms with Gasteiger partial charge in [-0.1, -0.05) is 48.5 Å². The van der Waals surface area contributed by atoms with Gasteiger partial charge in [-0.2, -0.15) is 0 Å². The number of nitrogens with one attached hydrogen (secondary N) is 1. The largest absolute Gasteiger partial charge is 0.459 e. The molecule has 0 fully saturated rings. The van der Waals surface area contributed by atoms with E-state index in [-0.39, 0.29) is 13.2 Å². The Morgan fingerprint density at radius 2 is 1.65 bits per heavy atom. The second kappa shape index (κ2) is 7.31. The number of anilines is 1. The molecule has 104 valence electrons. The number of hydrogen-bond acceptors (Lipinski definition) is 4. The molecule has 0 aliphatic carbocycles. The topological polar surface area (TPSA) is 58.6 Å². The minimum Gasteiger partial charge on any atom is -0.459 e. The van der Waals surface area contributed by atoms with Crippen LogP contribution in [0.3, 0.4) is 0 Å². The molecule has 1 atom stereocenters. The molecule has 0 aromatic heterocycles. The average Bonchev–Trinajstić information content (AvgIpc) is 2.52. The minimum absolute atomic E-state index is 0.123. The van der Waals surface area contributed by atoms with Gasteiger partial charge in [0.2, 0.25) is 0 Å². The molecule has 0 aliphatic rings. The molecule has 2 N–H and O–H groups in total. The molecule has 4 nitrogen and oxygen atoms in total. The number of carbonyl (C=O) groups is 1. The summed E-state index contributed by atoms with van der Waals surface area (Å²) < 4.78 is 5.05. The molecule has 0 heterocycles. The number of esters is 1.